The highest BCUT2D eigenvalue weighted by molar-refractivity contribution is 7.92. The molecular weight excluding hydrogens is 428 g/mol. The number of esters is 1. The summed E-state index contributed by atoms with van der Waals surface area (Å²) in [6.07, 6.45) is 0.883. The van der Waals surface area contributed by atoms with Crippen LogP contribution in [0.5, 0.6) is 0 Å². The molecule has 0 aromatic heterocycles. The van der Waals surface area contributed by atoms with Gasteiger partial charge in [-0.25, -0.2) is 13.2 Å². The third-order valence-corrected chi connectivity index (χ3v) is 6.69. The zero-order valence-corrected chi connectivity index (χ0v) is 18.6. The molecule has 0 fully saturated rings. The highest BCUT2D eigenvalue weighted by atomic mass is 32.2. The van der Waals surface area contributed by atoms with Crippen LogP contribution >= 0.6 is 0 Å². The van der Waals surface area contributed by atoms with Gasteiger partial charge in [0.15, 0.2) is 6.61 Å². The molecule has 32 heavy (non-hydrogen) atoms. The lowest BCUT2D eigenvalue weighted by molar-refractivity contribution is -0.119. The molecule has 0 aliphatic heterocycles. The fourth-order valence-electron chi connectivity index (χ4n) is 3.01. The van der Waals surface area contributed by atoms with Crippen molar-refractivity contribution in [3.05, 3.63) is 90.0 Å². The summed E-state index contributed by atoms with van der Waals surface area (Å²) in [5, 5.41) is 2.64. The topological polar surface area (TPSA) is 92.8 Å². The monoisotopic (exact) mass is 452 g/mol. The average molecular weight is 453 g/mol. The number of hydrogen-bond donors (Lipinski definition) is 1. The van der Waals surface area contributed by atoms with Crippen LogP contribution < -0.4 is 9.62 Å². The molecule has 3 rings (SSSR count). The molecule has 7 nitrogen and oxygen atoms in total. The van der Waals surface area contributed by atoms with Crippen LogP contribution in [0.15, 0.2) is 83.8 Å². The minimum Gasteiger partial charge on any atom is -0.452 e. The molecule has 0 radical (unpaired) electrons. The van der Waals surface area contributed by atoms with E-state index in [4.69, 9.17) is 4.74 Å². The number of anilines is 2. The number of hydrogen-bond acceptors (Lipinski definition) is 5. The average Bonchev–Trinajstić information content (AvgIpc) is 2.83. The molecule has 166 valence electrons. The van der Waals surface area contributed by atoms with Crippen LogP contribution in [0, 0.1) is 0 Å². The Morgan fingerprint density at radius 1 is 0.906 bits per heavy atom. The first kappa shape index (κ1) is 23.0. The molecule has 0 unspecified atom stereocenters. The van der Waals surface area contributed by atoms with Gasteiger partial charge in [0.2, 0.25) is 0 Å². The predicted octanol–water partition coefficient (Wildman–Crippen LogP) is 3.87. The van der Waals surface area contributed by atoms with Gasteiger partial charge in [-0.15, -0.1) is 0 Å². The molecule has 1 amide bonds. The largest absolute Gasteiger partial charge is 0.452 e. The number of carbonyl (C=O) groups is 2. The first-order valence-corrected chi connectivity index (χ1v) is 11.5. The van der Waals surface area contributed by atoms with Crippen LogP contribution in [-0.2, 0) is 26.0 Å². The Hall–Kier alpha value is -3.65. The van der Waals surface area contributed by atoms with Crippen LogP contribution in [-0.4, -0.2) is 33.9 Å². The molecule has 1 N–H and O–H groups in total. The van der Waals surface area contributed by atoms with E-state index >= 15 is 0 Å². The molecular formula is C24H24N2O5S. The van der Waals surface area contributed by atoms with Crippen molar-refractivity contribution in [2.75, 3.05) is 23.3 Å². The number of aryl methyl sites for hydroxylation is 1. The molecule has 3 aromatic carbocycles. The summed E-state index contributed by atoms with van der Waals surface area (Å²) in [6.45, 7) is 1.49. The van der Waals surface area contributed by atoms with E-state index in [9.17, 15) is 18.0 Å². The summed E-state index contributed by atoms with van der Waals surface area (Å²) < 4.78 is 32.4. The van der Waals surface area contributed by atoms with Gasteiger partial charge in [-0.3, -0.25) is 9.10 Å². The lowest BCUT2D eigenvalue weighted by atomic mass is 10.1. The summed E-state index contributed by atoms with van der Waals surface area (Å²) in [5.74, 6) is -1.42. The molecule has 0 aliphatic rings. The number of nitrogens with zero attached hydrogens (tertiary/aromatic N) is 1. The van der Waals surface area contributed by atoms with Gasteiger partial charge in [0.1, 0.15) is 4.90 Å². The Kier molecular flexibility index (Phi) is 7.27. The Labute approximate surface area is 187 Å². The zero-order chi connectivity index (χ0) is 23.1. The van der Waals surface area contributed by atoms with Gasteiger partial charge in [0.25, 0.3) is 15.9 Å². The third kappa shape index (κ3) is 5.33. The highest BCUT2D eigenvalue weighted by Crippen LogP contribution is 2.24. The quantitative estimate of drug-likeness (QED) is 0.524. The Balaban J connectivity index is 1.71. The number of ether oxygens (including phenoxy) is 1. The maximum Gasteiger partial charge on any atom is 0.340 e. The molecule has 0 aliphatic carbocycles. The van der Waals surface area contributed by atoms with E-state index in [2.05, 4.69) is 5.32 Å². The van der Waals surface area contributed by atoms with Gasteiger partial charge in [0, 0.05) is 12.7 Å². The number of para-hydroxylation sites is 1. The molecule has 3 aromatic rings. The minimum absolute atomic E-state index is 0.143. The maximum absolute atomic E-state index is 13.1. The number of carbonyl (C=O) groups excluding carboxylic acids is 2. The second-order valence-electron chi connectivity index (χ2n) is 6.98. The van der Waals surface area contributed by atoms with Gasteiger partial charge in [-0.05, 0) is 48.4 Å². The number of sulfonamides is 1. The standard InChI is InChI=1S/C24H24N2O5S/c1-3-18-13-15-19(16-14-18)25-23(27)17-31-24(28)21-11-7-8-12-22(21)32(29,30)26(2)20-9-5-4-6-10-20/h4-16H,3,17H2,1-2H3,(H,25,27). The Morgan fingerprint density at radius 2 is 1.53 bits per heavy atom. The van der Waals surface area contributed by atoms with Gasteiger partial charge in [0.05, 0.1) is 11.3 Å². The Bertz CT molecular complexity index is 1190. The molecule has 0 atom stereocenters. The lowest BCUT2D eigenvalue weighted by Crippen LogP contribution is -2.28. The number of benzene rings is 3. The van der Waals surface area contributed by atoms with Crippen molar-refractivity contribution in [3.8, 4) is 0 Å². The molecule has 0 bridgehead atoms. The molecule has 0 heterocycles. The van der Waals surface area contributed by atoms with Crippen LogP contribution in [0.25, 0.3) is 0 Å². The lowest BCUT2D eigenvalue weighted by Gasteiger charge is -2.20. The molecule has 8 heteroatoms. The first-order chi connectivity index (χ1) is 15.3. The highest BCUT2D eigenvalue weighted by Gasteiger charge is 2.27. The second kappa shape index (κ2) is 10.1. The Morgan fingerprint density at radius 3 is 2.19 bits per heavy atom. The van der Waals surface area contributed by atoms with E-state index in [0.717, 1.165) is 16.3 Å². The van der Waals surface area contributed by atoms with Crippen molar-refractivity contribution in [3.63, 3.8) is 0 Å². The van der Waals surface area contributed by atoms with E-state index < -0.39 is 28.5 Å². The molecule has 0 saturated carbocycles. The normalized spacial score (nSPS) is 10.9. The van der Waals surface area contributed by atoms with Crippen molar-refractivity contribution in [2.24, 2.45) is 0 Å². The van der Waals surface area contributed by atoms with Crippen molar-refractivity contribution < 1.29 is 22.7 Å². The summed E-state index contributed by atoms with van der Waals surface area (Å²) >= 11 is 0. The van der Waals surface area contributed by atoms with E-state index in [1.165, 1.54) is 31.3 Å². The minimum atomic E-state index is -4.03. The number of amides is 1. The second-order valence-corrected chi connectivity index (χ2v) is 8.92. The van der Waals surface area contributed by atoms with Crippen molar-refractivity contribution in [1.29, 1.82) is 0 Å². The van der Waals surface area contributed by atoms with Gasteiger partial charge < -0.3 is 10.1 Å². The van der Waals surface area contributed by atoms with Crippen LogP contribution in [0.3, 0.4) is 0 Å². The van der Waals surface area contributed by atoms with E-state index in [-0.39, 0.29) is 10.5 Å². The van der Waals surface area contributed by atoms with Crippen LogP contribution in [0.4, 0.5) is 11.4 Å². The maximum atomic E-state index is 13.1. The van der Waals surface area contributed by atoms with E-state index in [1.807, 2.05) is 19.1 Å². The van der Waals surface area contributed by atoms with E-state index in [0.29, 0.717) is 11.4 Å². The van der Waals surface area contributed by atoms with Crippen LogP contribution in [0.1, 0.15) is 22.8 Å². The summed E-state index contributed by atoms with van der Waals surface area (Å²) in [6, 6.07) is 21.6. The predicted molar refractivity (Wildman–Crippen MR) is 123 cm³/mol. The van der Waals surface area contributed by atoms with Crippen LogP contribution in [0.2, 0.25) is 0 Å². The van der Waals surface area contributed by atoms with Crippen molar-refractivity contribution in [2.45, 2.75) is 18.2 Å². The number of nitrogens with one attached hydrogen (secondary N) is 1. The summed E-state index contributed by atoms with van der Waals surface area (Å²) in [7, 11) is -2.62. The first-order valence-electron chi connectivity index (χ1n) is 10.0. The summed E-state index contributed by atoms with van der Waals surface area (Å²) in [5.41, 5.74) is 2.02. The van der Waals surface area contributed by atoms with Gasteiger partial charge in [-0.1, -0.05) is 49.4 Å². The SMILES string of the molecule is CCc1ccc(NC(=O)COC(=O)c2ccccc2S(=O)(=O)N(C)c2ccccc2)cc1. The zero-order valence-electron chi connectivity index (χ0n) is 17.8. The van der Waals surface area contributed by atoms with Gasteiger partial charge in [-0.2, -0.15) is 0 Å². The van der Waals surface area contributed by atoms with Crippen molar-refractivity contribution in [1.82, 2.24) is 0 Å². The summed E-state index contributed by atoms with van der Waals surface area (Å²) in [4.78, 5) is 24.6. The van der Waals surface area contributed by atoms with Crippen molar-refractivity contribution >= 4 is 33.3 Å². The van der Waals surface area contributed by atoms with Gasteiger partial charge >= 0.3 is 5.97 Å². The molecule has 0 saturated heterocycles. The molecule has 0 spiro atoms. The van der Waals surface area contributed by atoms with E-state index in [1.54, 1.807) is 42.5 Å². The fourth-order valence-corrected chi connectivity index (χ4v) is 4.39. The smallest absolute Gasteiger partial charge is 0.340 e. The fraction of sp³-hybridized carbons (Fsp3) is 0.167. The third-order valence-electron chi connectivity index (χ3n) is 4.85. The number of rotatable bonds is 8.